The maximum atomic E-state index is 12.8. The summed E-state index contributed by atoms with van der Waals surface area (Å²) in [6, 6.07) is 0.420. The maximum absolute atomic E-state index is 12.8. The number of thiophene rings is 1. The van der Waals surface area contributed by atoms with Crippen LogP contribution < -0.4 is 5.14 Å². The van der Waals surface area contributed by atoms with Crippen molar-refractivity contribution in [3.05, 3.63) is 11.6 Å². The molecule has 0 saturated carbocycles. The van der Waals surface area contributed by atoms with E-state index in [-0.39, 0.29) is 33.6 Å². The first-order valence-corrected chi connectivity index (χ1v) is 13.8. The normalized spacial score (nSPS) is 20.3. The van der Waals surface area contributed by atoms with Gasteiger partial charge in [-0.2, -0.15) is 0 Å². The van der Waals surface area contributed by atoms with Gasteiger partial charge in [-0.05, 0) is 33.3 Å². The van der Waals surface area contributed by atoms with Gasteiger partial charge >= 0.3 is 18.0 Å². The summed E-state index contributed by atoms with van der Waals surface area (Å²) in [5.41, 5.74) is 0.168. The van der Waals surface area contributed by atoms with Crippen LogP contribution in [0.5, 0.6) is 0 Å². The van der Waals surface area contributed by atoms with Gasteiger partial charge in [-0.25, -0.2) is 31.6 Å². The van der Waals surface area contributed by atoms with Crippen molar-refractivity contribution >= 4 is 49.2 Å². The van der Waals surface area contributed by atoms with E-state index in [1.165, 1.54) is 24.8 Å². The molecule has 1 aliphatic rings. The highest BCUT2D eigenvalue weighted by atomic mass is 32.3. The summed E-state index contributed by atoms with van der Waals surface area (Å²) in [7, 11) is -7.93. The molecule has 0 aliphatic carbocycles. The summed E-state index contributed by atoms with van der Waals surface area (Å²) in [4.78, 5) is 36.4. The van der Waals surface area contributed by atoms with E-state index in [1.807, 2.05) is 0 Å². The number of nitrogens with two attached hydrogens (primary N) is 1. The van der Waals surface area contributed by atoms with Crippen LogP contribution in [0.3, 0.4) is 0 Å². The fraction of sp³-hybridized carbons (Fsp3) is 0.611. The molecule has 2 rings (SSSR count). The lowest BCUT2D eigenvalue weighted by molar-refractivity contribution is -0.162. The van der Waals surface area contributed by atoms with E-state index in [0.717, 1.165) is 6.92 Å². The number of fused-ring (bicyclic) bond motifs is 1. The number of carbonyl (C=O) groups is 3. The number of sulfone groups is 1. The van der Waals surface area contributed by atoms with Crippen molar-refractivity contribution < 1.29 is 45.4 Å². The molecule has 12 nitrogen and oxygen atoms in total. The first-order valence-electron chi connectivity index (χ1n) is 9.85. The van der Waals surface area contributed by atoms with E-state index in [0.29, 0.717) is 11.3 Å². The predicted molar refractivity (Wildman–Crippen MR) is 116 cm³/mol. The fourth-order valence-corrected chi connectivity index (χ4v) is 7.60. The number of carbonyl (C=O) groups excluding carboxylic acids is 3. The van der Waals surface area contributed by atoms with E-state index >= 15 is 0 Å². The van der Waals surface area contributed by atoms with E-state index in [2.05, 4.69) is 4.74 Å². The number of amides is 1. The summed E-state index contributed by atoms with van der Waals surface area (Å²) >= 11 is 0.555. The quantitative estimate of drug-likeness (QED) is 0.379. The number of hydrogen-bond acceptors (Lipinski definition) is 11. The van der Waals surface area contributed by atoms with Crippen molar-refractivity contribution in [3.8, 4) is 0 Å². The minimum atomic E-state index is -4.14. The molecule has 0 saturated heterocycles. The number of rotatable bonds is 8. The minimum Gasteiger partial charge on any atom is -0.457 e. The molecular weight excluding hydrogens is 500 g/mol. The van der Waals surface area contributed by atoms with Crippen molar-refractivity contribution in [1.82, 2.24) is 4.90 Å². The molecule has 2 heterocycles. The van der Waals surface area contributed by atoms with Crippen molar-refractivity contribution in [1.29, 1.82) is 0 Å². The molecule has 33 heavy (non-hydrogen) atoms. The molecule has 1 aromatic heterocycles. The topological polar surface area (TPSA) is 176 Å². The summed E-state index contributed by atoms with van der Waals surface area (Å²) in [5.74, 6) is -1.46. The summed E-state index contributed by atoms with van der Waals surface area (Å²) in [5, 5.41) is 4.31. The van der Waals surface area contributed by atoms with Gasteiger partial charge in [0.15, 0.2) is 16.4 Å². The number of nitrogens with zero attached hydrogens (tertiary/aromatic N) is 1. The van der Waals surface area contributed by atoms with Gasteiger partial charge in [-0.3, -0.25) is 4.79 Å². The zero-order valence-corrected chi connectivity index (χ0v) is 20.9. The van der Waals surface area contributed by atoms with Crippen LogP contribution >= 0.6 is 11.3 Å². The van der Waals surface area contributed by atoms with Crippen molar-refractivity contribution in [2.45, 2.75) is 59.9 Å². The second-order valence-electron chi connectivity index (χ2n) is 7.40. The highest BCUT2D eigenvalue weighted by Gasteiger charge is 2.43. The molecule has 0 bridgehead atoms. The molecule has 186 valence electrons. The van der Waals surface area contributed by atoms with Crippen LogP contribution in [0.15, 0.2) is 14.5 Å². The molecule has 1 unspecified atom stereocenters. The smallest absolute Gasteiger partial charge is 0.410 e. The van der Waals surface area contributed by atoms with Gasteiger partial charge in [0.2, 0.25) is 10.0 Å². The lowest BCUT2D eigenvalue weighted by Crippen LogP contribution is -2.41. The minimum absolute atomic E-state index is 0.0337. The zero-order chi connectivity index (χ0) is 25.1. The SMILES string of the molecule is CCN(C(=O)OCC(C)OC(=O)COC(C)=O)[C@H]1C[C@H](C)S(=O)(=O)c2sc(S(N)(=O)=O)cc21. The Hall–Kier alpha value is -2.23. The first-order chi connectivity index (χ1) is 15.2. The molecule has 15 heteroatoms. The van der Waals surface area contributed by atoms with Gasteiger partial charge in [0.1, 0.15) is 21.1 Å². The Bertz CT molecular complexity index is 1130. The standard InChI is InChI=1S/C18H26N2O10S3/c1-5-20(18(23)29-8-10(2)30-15(22)9-28-12(4)21)14-6-11(3)32(24,25)17-13(14)7-16(31-17)33(19,26)27/h7,10-11,14H,5-6,8-9H2,1-4H3,(H2,19,26,27)/t10?,11-,14-/m0/s1. The zero-order valence-electron chi connectivity index (χ0n) is 18.5. The van der Waals surface area contributed by atoms with Crippen LogP contribution in [0.1, 0.15) is 45.7 Å². The second-order valence-corrected chi connectivity index (χ2v) is 12.8. The highest BCUT2D eigenvalue weighted by Crippen LogP contribution is 2.45. The van der Waals surface area contributed by atoms with Crippen molar-refractivity contribution in [3.63, 3.8) is 0 Å². The van der Waals surface area contributed by atoms with Gasteiger partial charge in [-0.15, -0.1) is 11.3 Å². The first kappa shape index (κ1) is 27.0. The molecule has 1 aromatic rings. The Labute approximate surface area is 195 Å². The monoisotopic (exact) mass is 526 g/mol. The highest BCUT2D eigenvalue weighted by molar-refractivity contribution is 7.95. The molecule has 1 aliphatic heterocycles. The van der Waals surface area contributed by atoms with Crippen LogP contribution in [0.25, 0.3) is 0 Å². The average molecular weight is 527 g/mol. The number of esters is 2. The van der Waals surface area contributed by atoms with Crippen molar-refractivity contribution in [2.75, 3.05) is 19.8 Å². The molecule has 0 fully saturated rings. The van der Waals surface area contributed by atoms with E-state index in [1.54, 1.807) is 6.92 Å². The summed E-state index contributed by atoms with van der Waals surface area (Å²) < 4.78 is 63.3. The van der Waals surface area contributed by atoms with Crippen LogP contribution in [-0.4, -0.2) is 70.9 Å². The molecular formula is C18H26N2O10S3. The van der Waals surface area contributed by atoms with Gasteiger partial charge in [0.25, 0.3) is 0 Å². The molecule has 2 N–H and O–H groups in total. The maximum Gasteiger partial charge on any atom is 0.410 e. The number of sulfonamides is 1. The van der Waals surface area contributed by atoms with Crippen LogP contribution in [0.4, 0.5) is 4.79 Å². The Morgan fingerprint density at radius 3 is 2.48 bits per heavy atom. The van der Waals surface area contributed by atoms with Crippen LogP contribution in [0.2, 0.25) is 0 Å². The Morgan fingerprint density at radius 2 is 1.94 bits per heavy atom. The average Bonchev–Trinajstić information content (AvgIpc) is 3.16. The van der Waals surface area contributed by atoms with E-state index in [9.17, 15) is 31.2 Å². The third-order valence-corrected chi connectivity index (χ3v) is 10.1. The molecule has 0 aromatic carbocycles. The third kappa shape index (κ3) is 6.43. The largest absolute Gasteiger partial charge is 0.457 e. The summed E-state index contributed by atoms with van der Waals surface area (Å²) in [6.07, 6.45) is -1.61. The van der Waals surface area contributed by atoms with Gasteiger partial charge in [-0.1, -0.05) is 0 Å². The molecule has 1 amide bonds. The van der Waals surface area contributed by atoms with Crippen molar-refractivity contribution in [2.24, 2.45) is 5.14 Å². The number of hydrogen-bond donors (Lipinski definition) is 1. The van der Waals surface area contributed by atoms with E-state index < -0.39 is 61.9 Å². The Balaban J connectivity index is 2.18. The van der Waals surface area contributed by atoms with Crippen LogP contribution in [-0.2, 0) is 43.7 Å². The lowest BCUT2D eigenvalue weighted by Gasteiger charge is -2.35. The van der Waals surface area contributed by atoms with E-state index in [4.69, 9.17) is 14.6 Å². The Morgan fingerprint density at radius 1 is 1.30 bits per heavy atom. The van der Waals surface area contributed by atoms with Gasteiger partial charge in [0.05, 0.1) is 11.3 Å². The lowest BCUT2D eigenvalue weighted by atomic mass is 10.0. The predicted octanol–water partition coefficient (Wildman–Crippen LogP) is 0.956. The van der Waals surface area contributed by atoms with Crippen LogP contribution in [0, 0.1) is 0 Å². The Kier molecular flexibility index (Phi) is 8.48. The van der Waals surface area contributed by atoms with Gasteiger partial charge < -0.3 is 19.1 Å². The fourth-order valence-electron chi connectivity index (χ4n) is 3.21. The molecule has 3 atom stereocenters. The molecule has 0 spiro atoms. The number of ether oxygens (including phenoxy) is 3. The third-order valence-electron chi connectivity index (χ3n) is 4.80. The number of primary sulfonamides is 1. The van der Waals surface area contributed by atoms with Gasteiger partial charge in [0, 0.05) is 19.0 Å². The summed E-state index contributed by atoms with van der Waals surface area (Å²) in [6.45, 7) is 5.00. The second kappa shape index (κ2) is 10.4. The molecule has 0 radical (unpaired) electrons.